The summed E-state index contributed by atoms with van der Waals surface area (Å²) < 4.78 is 10.1. The fourth-order valence-electron chi connectivity index (χ4n) is 4.14. The van der Waals surface area contributed by atoms with Gasteiger partial charge in [0, 0.05) is 0 Å². The minimum Gasteiger partial charge on any atom is -0.469 e. The zero-order chi connectivity index (χ0) is 17.4. The predicted octanol–water partition coefficient (Wildman–Crippen LogP) is 2.95. The van der Waals surface area contributed by atoms with E-state index in [2.05, 4.69) is 0 Å². The molecule has 124 valence electrons. The first-order valence-electron chi connectivity index (χ1n) is 7.82. The molecule has 1 saturated carbocycles. The predicted molar refractivity (Wildman–Crippen MR) is 89.3 cm³/mol. The Morgan fingerprint density at radius 3 is 1.67 bits per heavy atom. The van der Waals surface area contributed by atoms with Crippen LogP contribution in [0.4, 0.5) is 0 Å². The largest absolute Gasteiger partial charge is 0.469 e. The van der Waals surface area contributed by atoms with Crippen LogP contribution in [0.5, 0.6) is 0 Å². The van der Waals surface area contributed by atoms with Crippen LogP contribution in [0.25, 0.3) is 0 Å². The number of esters is 2. The van der Waals surface area contributed by atoms with E-state index >= 15 is 0 Å². The second kappa shape index (κ2) is 5.78. The van der Waals surface area contributed by atoms with E-state index in [1.54, 1.807) is 6.92 Å². The van der Waals surface area contributed by atoms with Gasteiger partial charge in [-0.15, -0.1) is 0 Å². The standard InChI is InChI=1S/C20H20O4/c1-19(18(22)24-3)16(17(21)23-2)20(19,14-10-6-4-7-11-14)15-12-8-5-9-13-15/h4-13,16H,1-3H3/t16-,19+/m1/s1. The maximum atomic E-state index is 12.7. The zero-order valence-corrected chi connectivity index (χ0v) is 14.0. The molecule has 0 N–H and O–H groups in total. The number of rotatable bonds is 4. The van der Waals surface area contributed by atoms with Crippen molar-refractivity contribution in [3.05, 3.63) is 71.8 Å². The highest BCUT2D eigenvalue weighted by Gasteiger charge is 2.83. The first-order chi connectivity index (χ1) is 11.5. The molecule has 1 aliphatic rings. The van der Waals surface area contributed by atoms with Crippen LogP contribution < -0.4 is 0 Å². The van der Waals surface area contributed by atoms with Gasteiger partial charge in [0.25, 0.3) is 0 Å². The average molecular weight is 324 g/mol. The van der Waals surface area contributed by atoms with Crippen molar-refractivity contribution in [2.24, 2.45) is 11.3 Å². The van der Waals surface area contributed by atoms with E-state index in [1.807, 2.05) is 60.7 Å². The highest BCUT2D eigenvalue weighted by molar-refractivity contribution is 5.97. The van der Waals surface area contributed by atoms with Gasteiger partial charge in [0.1, 0.15) is 0 Å². The Kier molecular flexibility index (Phi) is 3.91. The molecule has 24 heavy (non-hydrogen) atoms. The van der Waals surface area contributed by atoms with E-state index in [9.17, 15) is 9.59 Å². The number of hydrogen-bond acceptors (Lipinski definition) is 4. The lowest BCUT2D eigenvalue weighted by atomic mass is 9.80. The quantitative estimate of drug-likeness (QED) is 0.812. The molecule has 2 atom stereocenters. The van der Waals surface area contributed by atoms with Crippen molar-refractivity contribution in [3.8, 4) is 0 Å². The molecule has 0 bridgehead atoms. The van der Waals surface area contributed by atoms with Gasteiger partial charge in [0.05, 0.1) is 31.0 Å². The number of carbonyl (C=O) groups is 2. The highest BCUT2D eigenvalue weighted by atomic mass is 16.5. The molecule has 1 fully saturated rings. The summed E-state index contributed by atoms with van der Waals surface area (Å²) >= 11 is 0. The van der Waals surface area contributed by atoms with E-state index in [4.69, 9.17) is 9.47 Å². The molecule has 0 amide bonds. The van der Waals surface area contributed by atoms with E-state index < -0.39 is 28.7 Å². The molecular formula is C20H20O4. The van der Waals surface area contributed by atoms with Crippen LogP contribution >= 0.6 is 0 Å². The Bertz CT molecular complexity index is 714. The number of hydrogen-bond donors (Lipinski definition) is 0. The molecule has 1 aliphatic carbocycles. The first-order valence-corrected chi connectivity index (χ1v) is 7.82. The molecular weight excluding hydrogens is 304 g/mol. The van der Waals surface area contributed by atoms with Crippen LogP contribution in [-0.4, -0.2) is 26.2 Å². The molecule has 4 nitrogen and oxygen atoms in total. The van der Waals surface area contributed by atoms with Crippen LogP contribution in [-0.2, 0) is 24.5 Å². The van der Waals surface area contributed by atoms with Gasteiger partial charge >= 0.3 is 11.9 Å². The minimum atomic E-state index is -1.02. The van der Waals surface area contributed by atoms with Crippen molar-refractivity contribution in [1.82, 2.24) is 0 Å². The summed E-state index contributed by atoms with van der Waals surface area (Å²) in [5.41, 5.74) is -0.00762. The Hall–Kier alpha value is -2.62. The van der Waals surface area contributed by atoms with Gasteiger partial charge in [-0.25, -0.2) is 0 Å². The second-order valence-electron chi connectivity index (χ2n) is 6.19. The second-order valence-corrected chi connectivity index (χ2v) is 6.19. The lowest BCUT2D eigenvalue weighted by Crippen LogP contribution is -2.26. The molecule has 2 aromatic carbocycles. The fourth-order valence-corrected chi connectivity index (χ4v) is 4.14. The smallest absolute Gasteiger partial charge is 0.313 e. The summed E-state index contributed by atoms with van der Waals surface area (Å²) in [5, 5.41) is 0. The van der Waals surface area contributed by atoms with Crippen molar-refractivity contribution < 1.29 is 19.1 Å². The van der Waals surface area contributed by atoms with Gasteiger partial charge in [0.2, 0.25) is 0 Å². The molecule has 0 radical (unpaired) electrons. The van der Waals surface area contributed by atoms with E-state index in [-0.39, 0.29) is 0 Å². The lowest BCUT2D eigenvalue weighted by molar-refractivity contribution is -0.152. The number of ether oxygens (including phenoxy) is 2. The summed E-state index contributed by atoms with van der Waals surface area (Å²) in [7, 11) is 2.69. The fraction of sp³-hybridized carbons (Fsp3) is 0.300. The Labute approximate surface area is 141 Å². The Balaban J connectivity index is 2.29. The molecule has 0 aromatic heterocycles. The molecule has 3 rings (SSSR count). The molecule has 0 unspecified atom stereocenters. The third-order valence-corrected chi connectivity index (χ3v) is 5.25. The molecule has 0 heterocycles. The maximum absolute atomic E-state index is 12.7. The summed E-state index contributed by atoms with van der Waals surface area (Å²) in [4.78, 5) is 25.2. The molecule has 4 heteroatoms. The van der Waals surface area contributed by atoms with Crippen LogP contribution in [0, 0.1) is 11.3 Å². The van der Waals surface area contributed by atoms with Gasteiger partial charge in [-0.1, -0.05) is 60.7 Å². The van der Waals surface area contributed by atoms with E-state index in [1.165, 1.54) is 14.2 Å². The molecule has 0 aliphatic heterocycles. The van der Waals surface area contributed by atoms with Gasteiger partial charge in [0.15, 0.2) is 0 Å². The minimum absolute atomic E-state index is 0.407. The van der Waals surface area contributed by atoms with E-state index in [0.29, 0.717) is 0 Å². The van der Waals surface area contributed by atoms with Crippen LogP contribution in [0.15, 0.2) is 60.7 Å². The Morgan fingerprint density at radius 1 is 0.833 bits per heavy atom. The molecule has 0 spiro atoms. The van der Waals surface area contributed by atoms with Gasteiger partial charge in [-0.2, -0.15) is 0 Å². The van der Waals surface area contributed by atoms with Crippen LogP contribution in [0.3, 0.4) is 0 Å². The molecule has 2 aromatic rings. The van der Waals surface area contributed by atoms with Crippen molar-refractivity contribution in [1.29, 1.82) is 0 Å². The number of benzene rings is 2. The average Bonchev–Trinajstić information content (AvgIpc) is 3.24. The van der Waals surface area contributed by atoms with Gasteiger partial charge in [-0.3, -0.25) is 9.59 Å². The topological polar surface area (TPSA) is 52.6 Å². The van der Waals surface area contributed by atoms with Crippen molar-refractivity contribution in [3.63, 3.8) is 0 Å². The number of methoxy groups -OCH3 is 2. The van der Waals surface area contributed by atoms with Gasteiger partial charge < -0.3 is 9.47 Å². The first kappa shape index (κ1) is 16.2. The van der Waals surface area contributed by atoms with Crippen molar-refractivity contribution in [2.75, 3.05) is 14.2 Å². The monoisotopic (exact) mass is 324 g/mol. The summed E-state index contributed by atoms with van der Waals surface area (Å²) in [6.45, 7) is 1.78. The SMILES string of the molecule is COC(=O)[C@H]1C(c2ccccc2)(c2ccccc2)[C@]1(C)C(=O)OC. The van der Waals surface area contributed by atoms with Crippen LogP contribution in [0.2, 0.25) is 0 Å². The van der Waals surface area contributed by atoms with Gasteiger partial charge in [-0.05, 0) is 18.1 Å². The normalized spacial score (nSPS) is 24.0. The van der Waals surface area contributed by atoms with Crippen LogP contribution in [0.1, 0.15) is 18.1 Å². The maximum Gasteiger partial charge on any atom is 0.313 e. The molecule has 0 saturated heterocycles. The van der Waals surface area contributed by atoms with Crippen molar-refractivity contribution in [2.45, 2.75) is 12.3 Å². The highest BCUT2D eigenvalue weighted by Crippen LogP contribution is 2.73. The third kappa shape index (κ3) is 1.92. The summed E-state index contributed by atoms with van der Waals surface area (Å²) in [6, 6.07) is 19.2. The van der Waals surface area contributed by atoms with E-state index in [0.717, 1.165) is 11.1 Å². The third-order valence-electron chi connectivity index (χ3n) is 5.25. The Morgan fingerprint density at radius 2 is 1.29 bits per heavy atom. The summed E-state index contributed by atoms with van der Waals surface area (Å²) in [5.74, 6) is -1.45. The lowest BCUT2D eigenvalue weighted by Gasteiger charge is -2.22. The zero-order valence-electron chi connectivity index (χ0n) is 14.0. The number of carbonyl (C=O) groups excluding carboxylic acids is 2. The summed E-state index contributed by atoms with van der Waals surface area (Å²) in [6.07, 6.45) is 0. The van der Waals surface area contributed by atoms with Crippen molar-refractivity contribution >= 4 is 11.9 Å².